The number of hydrogen-bond acceptors (Lipinski definition) is 3. The minimum Gasteiger partial charge on any atom is -0.315 e. The third-order valence-corrected chi connectivity index (χ3v) is 3.40. The van der Waals surface area contributed by atoms with Crippen molar-refractivity contribution in [2.24, 2.45) is 0 Å². The standard InChI is InChI=1S/C14H31NS2/c1-2-3-4-5-6-7-8-9-10-11-12-15-13-14(16)17/h14-17H,2-13H2,1H3. The second-order valence-corrected chi connectivity index (χ2v) is 6.52. The molecule has 0 aromatic carbocycles. The lowest BCUT2D eigenvalue weighted by Gasteiger charge is -2.06. The molecule has 0 aliphatic heterocycles. The maximum atomic E-state index is 4.21. The number of hydrogen-bond donors (Lipinski definition) is 3. The van der Waals surface area contributed by atoms with Crippen LogP contribution in [0.1, 0.15) is 71.1 Å². The molecular weight excluding hydrogens is 246 g/mol. The second kappa shape index (κ2) is 14.7. The van der Waals surface area contributed by atoms with Gasteiger partial charge in [0.05, 0.1) is 4.58 Å². The van der Waals surface area contributed by atoms with Crippen molar-refractivity contribution in [3.63, 3.8) is 0 Å². The molecule has 0 fully saturated rings. The molecule has 0 saturated carbocycles. The van der Waals surface area contributed by atoms with Crippen molar-refractivity contribution in [2.45, 2.75) is 75.7 Å². The summed E-state index contributed by atoms with van der Waals surface area (Å²) in [5, 5.41) is 3.36. The predicted octanol–water partition coefficient (Wildman–Crippen LogP) is 4.68. The fraction of sp³-hybridized carbons (Fsp3) is 1.00. The first-order chi connectivity index (χ1) is 8.27. The zero-order valence-corrected chi connectivity index (χ0v) is 13.2. The van der Waals surface area contributed by atoms with E-state index < -0.39 is 0 Å². The summed E-state index contributed by atoms with van der Waals surface area (Å²) in [5.41, 5.74) is 0. The molecule has 0 atom stereocenters. The van der Waals surface area contributed by atoms with Gasteiger partial charge in [-0.2, -0.15) is 25.3 Å². The Labute approximate surface area is 119 Å². The molecule has 0 heterocycles. The fourth-order valence-electron chi connectivity index (χ4n) is 1.97. The van der Waals surface area contributed by atoms with E-state index in [1.54, 1.807) is 0 Å². The molecule has 104 valence electrons. The summed E-state index contributed by atoms with van der Waals surface area (Å²) in [6, 6.07) is 0. The van der Waals surface area contributed by atoms with Crippen molar-refractivity contribution in [3.8, 4) is 0 Å². The molecule has 17 heavy (non-hydrogen) atoms. The van der Waals surface area contributed by atoms with Crippen LogP contribution in [0.25, 0.3) is 0 Å². The van der Waals surface area contributed by atoms with E-state index in [-0.39, 0.29) is 4.58 Å². The molecule has 0 saturated heterocycles. The van der Waals surface area contributed by atoms with Crippen LogP contribution in [-0.2, 0) is 0 Å². The summed E-state index contributed by atoms with van der Waals surface area (Å²) >= 11 is 8.41. The van der Waals surface area contributed by atoms with Crippen LogP contribution in [0.2, 0.25) is 0 Å². The molecule has 0 spiro atoms. The Morgan fingerprint density at radius 3 is 1.71 bits per heavy atom. The average Bonchev–Trinajstić information content (AvgIpc) is 2.30. The summed E-state index contributed by atoms with van der Waals surface area (Å²) < 4.78 is 0.179. The first-order valence-corrected chi connectivity index (χ1v) is 8.37. The smallest absolute Gasteiger partial charge is 0.0566 e. The maximum absolute atomic E-state index is 4.21. The number of rotatable bonds is 13. The minimum absolute atomic E-state index is 0.179. The maximum Gasteiger partial charge on any atom is 0.0566 e. The Morgan fingerprint density at radius 1 is 0.765 bits per heavy atom. The molecule has 1 N–H and O–H groups in total. The predicted molar refractivity (Wildman–Crippen MR) is 86.5 cm³/mol. The van der Waals surface area contributed by atoms with Crippen LogP contribution in [-0.4, -0.2) is 17.7 Å². The summed E-state index contributed by atoms with van der Waals surface area (Å²) in [6.45, 7) is 4.30. The van der Waals surface area contributed by atoms with E-state index >= 15 is 0 Å². The van der Waals surface area contributed by atoms with Crippen molar-refractivity contribution >= 4 is 25.3 Å². The number of unbranched alkanes of at least 4 members (excludes halogenated alkanes) is 9. The van der Waals surface area contributed by atoms with Gasteiger partial charge in [-0.25, -0.2) is 0 Å². The van der Waals surface area contributed by atoms with Crippen LogP contribution < -0.4 is 5.32 Å². The first kappa shape index (κ1) is 17.7. The Balaban J connectivity index is 2.89. The van der Waals surface area contributed by atoms with Crippen molar-refractivity contribution in [2.75, 3.05) is 13.1 Å². The van der Waals surface area contributed by atoms with Gasteiger partial charge in [0.1, 0.15) is 0 Å². The van der Waals surface area contributed by atoms with Gasteiger partial charge in [0, 0.05) is 6.54 Å². The van der Waals surface area contributed by atoms with Gasteiger partial charge >= 0.3 is 0 Å². The van der Waals surface area contributed by atoms with Crippen LogP contribution in [0.4, 0.5) is 0 Å². The molecule has 0 aromatic rings. The van der Waals surface area contributed by atoms with Crippen molar-refractivity contribution < 1.29 is 0 Å². The average molecular weight is 278 g/mol. The first-order valence-electron chi connectivity index (χ1n) is 7.34. The van der Waals surface area contributed by atoms with Crippen molar-refractivity contribution in [1.29, 1.82) is 0 Å². The lowest BCUT2D eigenvalue weighted by atomic mass is 10.1. The third kappa shape index (κ3) is 16.7. The highest BCUT2D eigenvalue weighted by molar-refractivity contribution is 7.99. The largest absolute Gasteiger partial charge is 0.315 e. The van der Waals surface area contributed by atoms with E-state index in [0.717, 1.165) is 13.1 Å². The zero-order chi connectivity index (χ0) is 12.8. The van der Waals surface area contributed by atoms with Crippen molar-refractivity contribution in [1.82, 2.24) is 5.32 Å². The molecule has 0 radical (unpaired) electrons. The minimum atomic E-state index is 0.179. The molecule has 0 amide bonds. The highest BCUT2D eigenvalue weighted by Gasteiger charge is 1.94. The molecule has 0 rings (SSSR count). The van der Waals surface area contributed by atoms with Gasteiger partial charge in [0.2, 0.25) is 0 Å². The molecular formula is C14H31NS2. The van der Waals surface area contributed by atoms with Crippen LogP contribution in [0.3, 0.4) is 0 Å². The fourth-order valence-corrected chi connectivity index (χ4v) is 2.23. The Morgan fingerprint density at radius 2 is 1.24 bits per heavy atom. The summed E-state index contributed by atoms with van der Waals surface area (Å²) in [7, 11) is 0. The van der Waals surface area contributed by atoms with E-state index in [0.29, 0.717) is 0 Å². The molecule has 0 bridgehead atoms. The van der Waals surface area contributed by atoms with Gasteiger partial charge in [-0.3, -0.25) is 0 Å². The summed E-state index contributed by atoms with van der Waals surface area (Å²) in [5.74, 6) is 0. The van der Waals surface area contributed by atoms with Gasteiger partial charge in [-0.15, -0.1) is 0 Å². The van der Waals surface area contributed by atoms with Gasteiger partial charge in [-0.05, 0) is 13.0 Å². The van der Waals surface area contributed by atoms with Crippen LogP contribution in [0.5, 0.6) is 0 Å². The summed E-state index contributed by atoms with van der Waals surface area (Å²) in [4.78, 5) is 0. The van der Waals surface area contributed by atoms with E-state index in [4.69, 9.17) is 0 Å². The monoisotopic (exact) mass is 277 g/mol. The zero-order valence-electron chi connectivity index (χ0n) is 11.5. The van der Waals surface area contributed by atoms with Crippen LogP contribution in [0, 0.1) is 0 Å². The van der Waals surface area contributed by atoms with Crippen LogP contribution >= 0.6 is 25.3 Å². The number of nitrogens with one attached hydrogen (secondary N) is 1. The molecule has 3 heteroatoms. The molecule has 0 aliphatic carbocycles. The van der Waals surface area contributed by atoms with E-state index in [9.17, 15) is 0 Å². The van der Waals surface area contributed by atoms with Crippen LogP contribution in [0.15, 0.2) is 0 Å². The van der Waals surface area contributed by atoms with Gasteiger partial charge < -0.3 is 5.32 Å². The Hall–Kier alpha value is 0.660. The van der Waals surface area contributed by atoms with Crippen molar-refractivity contribution in [3.05, 3.63) is 0 Å². The Bertz CT molecular complexity index is 140. The van der Waals surface area contributed by atoms with E-state index in [1.807, 2.05) is 0 Å². The summed E-state index contributed by atoms with van der Waals surface area (Å²) in [6.07, 6.45) is 14.0. The highest BCUT2D eigenvalue weighted by atomic mass is 32.2. The normalized spacial score (nSPS) is 11.3. The lowest BCUT2D eigenvalue weighted by molar-refractivity contribution is 0.546. The van der Waals surface area contributed by atoms with E-state index in [2.05, 4.69) is 37.5 Å². The molecule has 0 aromatic heterocycles. The second-order valence-electron chi connectivity index (χ2n) is 4.87. The quantitative estimate of drug-likeness (QED) is 0.252. The van der Waals surface area contributed by atoms with Gasteiger partial charge in [0.25, 0.3) is 0 Å². The molecule has 0 aliphatic rings. The van der Waals surface area contributed by atoms with E-state index in [1.165, 1.54) is 64.2 Å². The Kier molecular flexibility index (Phi) is 15.3. The van der Waals surface area contributed by atoms with Gasteiger partial charge in [-0.1, -0.05) is 64.7 Å². The lowest BCUT2D eigenvalue weighted by Crippen LogP contribution is -2.21. The van der Waals surface area contributed by atoms with Gasteiger partial charge in [0.15, 0.2) is 0 Å². The third-order valence-electron chi connectivity index (χ3n) is 3.03. The molecule has 1 nitrogen and oxygen atoms in total. The highest BCUT2D eigenvalue weighted by Crippen LogP contribution is 2.10. The topological polar surface area (TPSA) is 12.0 Å². The SMILES string of the molecule is CCCCCCCCCCCCNCC(S)S. The molecule has 0 unspecified atom stereocenters. The number of thiol groups is 2.